The number of rotatable bonds is 3. The minimum absolute atomic E-state index is 0.104. The lowest BCUT2D eigenvalue weighted by Crippen LogP contribution is -2.50. The second-order valence-electron chi connectivity index (χ2n) is 3.96. The summed E-state index contributed by atoms with van der Waals surface area (Å²) in [5, 5.41) is 3.12. The van der Waals surface area contributed by atoms with Crippen molar-refractivity contribution in [2.24, 2.45) is 11.3 Å². The molecule has 0 aromatic heterocycles. The first-order chi connectivity index (χ1) is 5.08. The average Bonchev–Trinajstić information content (AvgIpc) is 1.84. The highest BCUT2D eigenvalue weighted by molar-refractivity contribution is 5.87. The molecule has 0 atom stereocenters. The van der Waals surface area contributed by atoms with Gasteiger partial charge >= 0.3 is 0 Å². The maximum Gasteiger partial charge on any atom is 0.144 e. The molecule has 1 heterocycles. The van der Waals surface area contributed by atoms with Gasteiger partial charge in [-0.1, -0.05) is 20.8 Å². The van der Waals surface area contributed by atoms with Gasteiger partial charge in [0.05, 0.1) is 0 Å². The molecule has 0 radical (unpaired) electrons. The van der Waals surface area contributed by atoms with E-state index in [0.717, 1.165) is 19.5 Å². The van der Waals surface area contributed by atoms with Crippen molar-refractivity contribution in [1.82, 2.24) is 5.32 Å². The van der Waals surface area contributed by atoms with Crippen LogP contribution in [0, 0.1) is 11.3 Å². The van der Waals surface area contributed by atoms with Crippen LogP contribution in [0.15, 0.2) is 0 Å². The number of hydrogen-bond acceptors (Lipinski definition) is 2. The normalized spacial score (nSPS) is 19.5. The Labute approximate surface area is 68.4 Å². The molecule has 0 amide bonds. The molecule has 64 valence electrons. The van der Waals surface area contributed by atoms with E-state index in [4.69, 9.17) is 0 Å². The quantitative estimate of drug-likeness (QED) is 0.663. The van der Waals surface area contributed by atoms with E-state index in [1.54, 1.807) is 0 Å². The highest BCUT2D eigenvalue weighted by Crippen LogP contribution is 2.26. The van der Waals surface area contributed by atoms with Crippen molar-refractivity contribution in [2.75, 3.05) is 13.1 Å². The van der Waals surface area contributed by atoms with Gasteiger partial charge in [-0.25, -0.2) is 0 Å². The second kappa shape index (κ2) is 2.94. The van der Waals surface area contributed by atoms with Crippen molar-refractivity contribution in [3.05, 3.63) is 0 Å². The summed E-state index contributed by atoms with van der Waals surface area (Å²) >= 11 is 0. The van der Waals surface area contributed by atoms with E-state index in [1.165, 1.54) is 0 Å². The molecular weight excluding hydrogens is 138 g/mol. The molecule has 0 unspecified atom stereocenters. The molecule has 1 saturated heterocycles. The molecule has 2 nitrogen and oxygen atoms in total. The van der Waals surface area contributed by atoms with Gasteiger partial charge in [0, 0.05) is 24.4 Å². The van der Waals surface area contributed by atoms with Crippen LogP contribution in [0.3, 0.4) is 0 Å². The van der Waals surface area contributed by atoms with Crippen molar-refractivity contribution in [3.63, 3.8) is 0 Å². The summed E-state index contributed by atoms with van der Waals surface area (Å²) in [7, 11) is 0. The number of carbonyl (C=O) groups is 1. The predicted octanol–water partition coefficient (Wildman–Crippen LogP) is 1.21. The lowest BCUT2D eigenvalue weighted by Gasteiger charge is -2.32. The van der Waals surface area contributed by atoms with Gasteiger partial charge in [0.25, 0.3) is 0 Å². The first-order valence-corrected chi connectivity index (χ1v) is 4.33. The number of carbonyl (C=O) groups excluding carboxylic acids is 1. The van der Waals surface area contributed by atoms with E-state index in [1.807, 2.05) is 13.8 Å². The fourth-order valence-electron chi connectivity index (χ4n) is 1.20. The van der Waals surface area contributed by atoms with Crippen LogP contribution in [0.2, 0.25) is 0 Å². The summed E-state index contributed by atoms with van der Waals surface area (Å²) in [6.45, 7) is 7.93. The summed E-state index contributed by atoms with van der Waals surface area (Å²) in [5.74, 6) is 0.726. The van der Waals surface area contributed by atoms with Crippen LogP contribution in [-0.4, -0.2) is 18.9 Å². The predicted molar refractivity (Wildman–Crippen MR) is 45.4 cm³/mol. The van der Waals surface area contributed by atoms with E-state index in [-0.39, 0.29) is 5.41 Å². The Bertz CT molecular complexity index is 159. The molecule has 11 heavy (non-hydrogen) atoms. The van der Waals surface area contributed by atoms with E-state index >= 15 is 0 Å². The van der Waals surface area contributed by atoms with E-state index < -0.39 is 0 Å². The smallest absolute Gasteiger partial charge is 0.144 e. The van der Waals surface area contributed by atoms with Crippen molar-refractivity contribution >= 4 is 5.78 Å². The third-order valence-corrected chi connectivity index (χ3v) is 2.70. The summed E-state index contributed by atoms with van der Waals surface area (Å²) in [6, 6.07) is 0. The zero-order valence-electron chi connectivity index (χ0n) is 7.61. The fraction of sp³-hybridized carbons (Fsp3) is 0.889. The first kappa shape index (κ1) is 8.72. The molecule has 1 aliphatic heterocycles. The Morgan fingerprint density at radius 2 is 2.09 bits per heavy atom. The Morgan fingerprint density at radius 1 is 1.55 bits per heavy atom. The van der Waals surface area contributed by atoms with Crippen LogP contribution in [0.4, 0.5) is 0 Å². The molecule has 1 aliphatic rings. The first-order valence-electron chi connectivity index (χ1n) is 4.33. The summed E-state index contributed by atoms with van der Waals surface area (Å²) in [5.41, 5.74) is -0.104. The molecule has 0 spiro atoms. The number of ketones is 1. The molecular formula is C9H17NO. The molecule has 1 rings (SSSR count). The van der Waals surface area contributed by atoms with E-state index in [9.17, 15) is 4.79 Å². The van der Waals surface area contributed by atoms with Gasteiger partial charge < -0.3 is 5.32 Å². The monoisotopic (exact) mass is 155 g/mol. The lowest BCUT2D eigenvalue weighted by molar-refractivity contribution is -0.132. The Balaban J connectivity index is 2.51. The van der Waals surface area contributed by atoms with Gasteiger partial charge in [-0.15, -0.1) is 0 Å². The third-order valence-electron chi connectivity index (χ3n) is 2.70. The fourth-order valence-corrected chi connectivity index (χ4v) is 1.20. The molecule has 0 aromatic rings. The minimum atomic E-state index is -0.104. The highest BCUT2D eigenvalue weighted by Gasteiger charge is 2.34. The van der Waals surface area contributed by atoms with Crippen LogP contribution in [0.1, 0.15) is 27.2 Å². The summed E-state index contributed by atoms with van der Waals surface area (Å²) in [6.07, 6.45) is 0.947. The van der Waals surface area contributed by atoms with Crippen molar-refractivity contribution in [1.29, 1.82) is 0 Å². The maximum absolute atomic E-state index is 11.6. The van der Waals surface area contributed by atoms with E-state index in [0.29, 0.717) is 11.7 Å². The zero-order valence-corrected chi connectivity index (χ0v) is 7.61. The van der Waals surface area contributed by atoms with Gasteiger partial charge in [-0.05, 0) is 6.42 Å². The van der Waals surface area contributed by atoms with Crippen LogP contribution >= 0.6 is 0 Å². The third kappa shape index (κ3) is 1.62. The molecule has 0 bridgehead atoms. The average molecular weight is 155 g/mol. The molecule has 1 fully saturated rings. The Hall–Kier alpha value is -0.370. The molecule has 1 N–H and O–H groups in total. The van der Waals surface area contributed by atoms with Crippen LogP contribution in [0.25, 0.3) is 0 Å². The minimum Gasteiger partial charge on any atom is -0.315 e. The zero-order chi connectivity index (χ0) is 8.48. The maximum atomic E-state index is 11.6. The standard InChI is InChI=1S/C9H17NO/c1-4-9(2,3)8(11)7-5-10-6-7/h7,10H,4-6H2,1-3H3. The largest absolute Gasteiger partial charge is 0.315 e. The van der Waals surface area contributed by atoms with Gasteiger partial charge in [0.15, 0.2) is 0 Å². The molecule has 0 aromatic carbocycles. The van der Waals surface area contributed by atoms with Crippen molar-refractivity contribution in [3.8, 4) is 0 Å². The highest BCUT2D eigenvalue weighted by atomic mass is 16.1. The van der Waals surface area contributed by atoms with Crippen molar-refractivity contribution in [2.45, 2.75) is 27.2 Å². The van der Waals surface area contributed by atoms with Gasteiger partial charge in [0.2, 0.25) is 0 Å². The molecule has 0 aliphatic carbocycles. The summed E-state index contributed by atoms with van der Waals surface area (Å²) < 4.78 is 0. The second-order valence-corrected chi connectivity index (χ2v) is 3.96. The number of Topliss-reactive ketones (excluding diaryl/α,β-unsaturated/α-hetero) is 1. The van der Waals surface area contributed by atoms with Gasteiger partial charge in [0.1, 0.15) is 5.78 Å². The Kier molecular flexibility index (Phi) is 2.33. The molecule has 0 saturated carbocycles. The lowest BCUT2D eigenvalue weighted by atomic mass is 9.77. The van der Waals surface area contributed by atoms with Crippen LogP contribution in [0.5, 0.6) is 0 Å². The number of nitrogens with one attached hydrogen (secondary N) is 1. The topological polar surface area (TPSA) is 29.1 Å². The van der Waals surface area contributed by atoms with Crippen LogP contribution < -0.4 is 5.32 Å². The van der Waals surface area contributed by atoms with Gasteiger partial charge in [-0.2, -0.15) is 0 Å². The molecule has 2 heteroatoms. The number of hydrogen-bond donors (Lipinski definition) is 1. The van der Waals surface area contributed by atoms with Gasteiger partial charge in [-0.3, -0.25) is 4.79 Å². The van der Waals surface area contributed by atoms with E-state index in [2.05, 4.69) is 12.2 Å². The summed E-state index contributed by atoms with van der Waals surface area (Å²) in [4.78, 5) is 11.6. The van der Waals surface area contributed by atoms with Crippen molar-refractivity contribution < 1.29 is 4.79 Å². The van der Waals surface area contributed by atoms with Crippen LogP contribution in [-0.2, 0) is 4.79 Å². The SMILES string of the molecule is CCC(C)(C)C(=O)C1CNC1. The Morgan fingerprint density at radius 3 is 2.36 bits per heavy atom.